The van der Waals surface area contributed by atoms with Crippen molar-refractivity contribution < 1.29 is 22.7 Å². The number of alkyl halides is 3. The number of benzene rings is 2. The van der Waals surface area contributed by atoms with Gasteiger partial charge in [0.05, 0.1) is 7.11 Å². The van der Waals surface area contributed by atoms with Crippen molar-refractivity contribution >= 4 is 16.6 Å². The van der Waals surface area contributed by atoms with E-state index in [1.807, 2.05) is 0 Å². The molecule has 2 aromatic carbocycles. The minimum absolute atomic E-state index is 0.267. The summed E-state index contributed by atoms with van der Waals surface area (Å²) >= 11 is 0. The molecule has 0 unspecified atom stereocenters. The second-order valence-electron chi connectivity index (χ2n) is 4.07. The van der Waals surface area contributed by atoms with Crippen LogP contribution in [0.15, 0.2) is 36.4 Å². The summed E-state index contributed by atoms with van der Waals surface area (Å²) in [5.74, 6) is -1.49. The molecule has 0 heterocycles. The summed E-state index contributed by atoms with van der Waals surface area (Å²) < 4.78 is 42.2. The topological polar surface area (TPSA) is 26.3 Å². The van der Waals surface area contributed by atoms with E-state index in [-0.39, 0.29) is 11.3 Å². The fraction of sp³-hybridized carbons (Fsp3) is 0.214. The van der Waals surface area contributed by atoms with Crippen LogP contribution in [0.4, 0.5) is 13.2 Å². The molecule has 0 aromatic heterocycles. The highest BCUT2D eigenvalue weighted by atomic mass is 19.4. The van der Waals surface area contributed by atoms with E-state index in [1.54, 1.807) is 36.4 Å². The highest BCUT2D eigenvalue weighted by Gasteiger charge is 2.38. The van der Waals surface area contributed by atoms with Gasteiger partial charge in [-0.05, 0) is 16.8 Å². The van der Waals surface area contributed by atoms with Gasteiger partial charge in [0.25, 0.3) is 0 Å². The summed E-state index contributed by atoms with van der Waals surface area (Å²) in [5.41, 5.74) is 0.267. The molecule has 0 spiro atoms. The Morgan fingerprint density at radius 1 is 1.16 bits per heavy atom. The molecule has 0 saturated carbocycles. The second-order valence-corrected chi connectivity index (χ2v) is 4.07. The molecule has 0 saturated heterocycles. The minimum atomic E-state index is -4.83. The van der Waals surface area contributed by atoms with Crippen LogP contribution in [0.25, 0.3) is 10.8 Å². The summed E-state index contributed by atoms with van der Waals surface area (Å²) in [4.78, 5) is 11.2. The molecule has 2 rings (SSSR count). The molecule has 0 aliphatic carbocycles. The maximum atomic E-state index is 12.4. The number of carbonyl (C=O) groups is 1. The average Bonchev–Trinajstić information content (AvgIpc) is 2.38. The molecule has 0 atom stereocenters. The van der Waals surface area contributed by atoms with Crippen molar-refractivity contribution in [2.45, 2.75) is 12.6 Å². The zero-order valence-corrected chi connectivity index (χ0v) is 10.1. The molecule has 0 aliphatic rings. The number of halogens is 3. The van der Waals surface area contributed by atoms with Gasteiger partial charge >= 0.3 is 6.18 Å². The van der Waals surface area contributed by atoms with E-state index in [0.29, 0.717) is 5.39 Å². The summed E-state index contributed by atoms with van der Waals surface area (Å²) in [7, 11) is 1.37. The fourth-order valence-corrected chi connectivity index (χ4v) is 1.95. The van der Waals surface area contributed by atoms with Gasteiger partial charge in [0, 0.05) is 12.0 Å². The first-order valence-corrected chi connectivity index (χ1v) is 5.58. The summed E-state index contributed by atoms with van der Waals surface area (Å²) in [5, 5.41) is 1.37. The van der Waals surface area contributed by atoms with Crippen molar-refractivity contribution in [1.29, 1.82) is 0 Å². The number of methoxy groups -OCH3 is 1. The maximum absolute atomic E-state index is 12.4. The van der Waals surface area contributed by atoms with Crippen LogP contribution >= 0.6 is 0 Å². The Morgan fingerprint density at radius 2 is 1.84 bits per heavy atom. The number of Topliss-reactive ketones (excluding diaryl/α,β-unsaturated/α-hetero) is 1. The van der Waals surface area contributed by atoms with Crippen LogP contribution in [0.5, 0.6) is 5.75 Å². The Balaban J connectivity index is 2.53. The van der Waals surface area contributed by atoms with Gasteiger partial charge in [0.15, 0.2) is 0 Å². The summed E-state index contributed by atoms with van der Waals surface area (Å²) in [6, 6.07) is 10.3. The van der Waals surface area contributed by atoms with Crippen molar-refractivity contribution in [2.24, 2.45) is 0 Å². The molecular weight excluding hydrogens is 257 g/mol. The van der Waals surface area contributed by atoms with E-state index in [2.05, 4.69) is 0 Å². The third kappa shape index (κ3) is 2.70. The van der Waals surface area contributed by atoms with Crippen LogP contribution < -0.4 is 4.74 Å². The van der Waals surface area contributed by atoms with Crippen LogP contribution in [0.1, 0.15) is 5.56 Å². The Kier molecular flexibility index (Phi) is 3.46. The Bertz CT molecular complexity index is 618. The van der Waals surface area contributed by atoms with E-state index < -0.39 is 18.4 Å². The predicted molar refractivity (Wildman–Crippen MR) is 65.3 cm³/mol. The number of fused-ring (bicyclic) bond motifs is 1. The Labute approximate surface area is 107 Å². The molecular formula is C14H11F3O2. The first-order valence-electron chi connectivity index (χ1n) is 5.58. The summed E-state index contributed by atoms with van der Waals surface area (Å²) in [6.45, 7) is 0. The normalized spacial score (nSPS) is 11.6. The first kappa shape index (κ1) is 13.4. The van der Waals surface area contributed by atoms with E-state index >= 15 is 0 Å². The van der Waals surface area contributed by atoms with E-state index in [4.69, 9.17) is 4.74 Å². The van der Waals surface area contributed by atoms with Gasteiger partial charge in [0.2, 0.25) is 5.78 Å². The fourth-order valence-electron chi connectivity index (χ4n) is 1.95. The third-order valence-corrected chi connectivity index (χ3v) is 2.87. The van der Waals surface area contributed by atoms with Crippen LogP contribution in [-0.4, -0.2) is 19.1 Å². The van der Waals surface area contributed by atoms with Crippen LogP contribution in [0.2, 0.25) is 0 Å². The smallest absolute Gasteiger partial charge is 0.450 e. The van der Waals surface area contributed by atoms with Gasteiger partial charge in [-0.1, -0.05) is 30.3 Å². The molecule has 0 fully saturated rings. The van der Waals surface area contributed by atoms with Crippen molar-refractivity contribution in [3.8, 4) is 5.75 Å². The Morgan fingerprint density at radius 3 is 2.47 bits per heavy atom. The lowest BCUT2D eigenvalue weighted by Gasteiger charge is -2.12. The molecule has 2 nitrogen and oxygen atoms in total. The molecule has 5 heteroatoms. The number of hydrogen-bond acceptors (Lipinski definition) is 2. The van der Waals surface area contributed by atoms with Gasteiger partial charge in [-0.3, -0.25) is 4.79 Å². The molecule has 0 N–H and O–H groups in total. The van der Waals surface area contributed by atoms with Gasteiger partial charge in [-0.15, -0.1) is 0 Å². The molecule has 0 aliphatic heterocycles. The van der Waals surface area contributed by atoms with Gasteiger partial charge in [-0.25, -0.2) is 0 Å². The van der Waals surface area contributed by atoms with Gasteiger partial charge < -0.3 is 4.74 Å². The molecule has 0 amide bonds. The largest absolute Gasteiger partial charge is 0.496 e. The monoisotopic (exact) mass is 268 g/mol. The van der Waals surface area contributed by atoms with Crippen molar-refractivity contribution in [3.05, 3.63) is 42.0 Å². The highest BCUT2D eigenvalue weighted by molar-refractivity contribution is 5.94. The van der Waals surface area contributed by atoms with Crippen molar-refractivity contribution in [3.63, 3.8) is 0 Å². The minimum Gasteiger partial charge on any atom is -0.496 e. The maximum Gasteiger partial charge on any atom is 0.450 e. The number of rotatable bonds is 3. The van der Waals surface area contributed by atoms with Crippen molar-refractivity contribution in [1.82, 2.24) is 0 Å². The zero-order valence-electron chi connectivity index (χ0n) is 10.1. The quantitative estimate of drug-likeness (QED) is 0.851. The lowest BCUT2D eigenvalue weighted by molar-refractivity contribution is -0.170. The number of ketones is 1. The van der Waals surface area contributed by atoms with E-state index in [0.717, 1.165) is 5.39 Å². The Hall–Kier alpha value is -2.04. The number of ether oxygens (including phenoxy) is 1. The molecule has 0 bridgehead atoms. The van der Waals surface area contributed by atoms with E-state index in [1.165, 1.54) is 7.11 Å². The van der Waals surface area contributed by atoms with Gasteiger partial charge in [0.1, 0.15) is 5.75 Å². The molecule has 19 heavy (non-hydrogen) atoms. The van der Waals surface area contributed by atoms with Crippen LogP contribution in [0, 0.1) is 0 Å². The average molecular weight is 268 g/mol. The zero-order chi connectivity index (χ0) is 14.0. The van der Waals surface area contributed by atoms with Crippen LogP contribution in [-0.2, 0) is 11.2 Å². The van der Waals surface area contributed by atoms with Crippen LogP contribution in [0.3, 0.4) is 0 Å². The lowest BCUT2D eigenvalue weighted by Crippen LogP contribution is -2.24. The van der Waals surface area contributed by atoms with Crippen molar-refractivity contribution in [2.75, 3.05) is 7.11 Å². The number of carbonyl (C=O) groups excluding carboxylic acids is 1. The first-order chi connectivity index (χ1) is 8.93. The lowest BCUT2D eigenvalue weighted by atomic mass is 9.99. The highest BCUT2D eigenvalue weighted by Crippen LogP contribution is 2.30. The number of hydrogen-bond donors (Lipinski definition) is 0. The molecule has 2 aromatic rings. The van der Waals surface area contributed by atoms with Gasteiger partial charge in [-0.2, -0.15) is 13.2 Å². The standard InChI is InChI=1S/C14H11F3O2/c1-19-12-7-6-9-4-2-3-5-10(9)11(12)8-13(18)14(15,16)17/h2-7H,8H2,1H3. The summed E-state index contributed by atoms with van der Waals surface area (Å²) in [6.07, 6.45) is -5.55. The predicted octanol–water partition coefficient (Wildman–Crippen LogP) is 3.52. The molecule has 100 valence electrons. The van der Waals surface area contributed by atoms with E-state index in [9.17, 15) is 18.0 Å². The SMILES string of the molecule is COc1ccc2ccccc2c1CC(=O)C(F)(F)F. The molecule has 0 radical (unpaired) electrons. The second kappa shape index (κ2) is 4.91. The third-order valence-electron chi connectivity index (χ3n) is 2.87.